The van der Waals surface area contributed by atoms with E-state index in [1.165, 1.54) is 5.56 Å². The molecule has 3 rings (SSSR count). The van der Waals surface area contributed by atoms with Crippen LogP contribution in [0.25, 0.3) is 0 Å². The molecule has 0 radical (unpaired) electrons. The first-order valence-corrected chi connectivity index (χ1v) is 10.1. The van der Waals surface area contributed by atoms with Gasteiger partial charge in [-0.1, -0.05) is 26.0 Å². The third-order valence-corrected chi connectivity index (χ3v) is 5.78. The molecule has 0 saturated carbocycles. The fraction of sp³-hybridized carbons (Fsp3) is 0.591. The van der Waals surface area contributed by atoms with Gasteiger partial charge in [-0.15, -0.1) is 10.2 Å². The Morgan fingerprint density at radius 3 is 2.50 bits per heavy atom. The molecular formula is C22H31N3O3. The van der Waals surface area contributed by atoms with Gasteiger partial charge in [-0.25, -0.2) is 0 Å². The van der Waals surface area contributed by atoms with E-state index in [0.717, 1.165) is 37.2 Å². The number of aryl methyl sites for hydroxylation is 2. The van der Waals surface area contributed by atoms with Gasteiger partial charge in [-0.2, -0.15) is 0 Å². The van der Waals surface area contributed by atoms with Gasteiger partial charge in [-0.05, 0) is 48.8 Å². The minimum Gasteiger partial charge on any atom is -0.496 e. The van der Waals surface area contributed by atoms with E-state index in [-0.39, 0.29) is 17.7 Å². The van der Waals surface area contributed by atoms with Crippen LogP contribution in [0.15, 0.2) is 22.6 Å². The van der Waals surface area contributed by atoms with E-state index in [2.05, 4.69) is 36.2 Å². The molecule has 6 heteroatoms. The van der Waals surface area contributed by atoms with Crippen molar-refractivity contribution in [2.45, 2.75) is 58.8 Å². The first-order chi connectivity index (χ1) is 13.4. The van der Waals surface area contributed by atoms with Gasteiger partial charge in [0.1, 0.15) is 5.75 Å². The van der Waals surface area contributed by atoms with Crippen molar-refractivity contribution >= 4 is 5.91 Å². The number of carbonyl (C=O) groups excluding carboxylic acids is 1. The van der Waals surface area contributed by atoms with Crippen molar-refractivity contribution < 1.29 is 13.9 Å². The molecule has 2 aromatic rings. The number of hydrogen-bond acceptors (Lipinski definition) is 5. The van der Waals surface area contributed by atoms with Crippen LogP contribution in [0.4, 0.5) is 0 Å². The van der Waals surface area contributed by atoms with Crippen molar-refractivity contribution in [1.82, 2.24) is 15.1 Å². The molecule has 1 aliphatic heterocycles. The monoisotopic (exact) mass is 385 g/mol. The number of hydrogen-bond donors (Lipinski definition) is 0. The lowest BCUT2D eigenvalue weighted by Crippen LogP contribution is -2.38. The van der Waals surface area contributed by atoms with Crippen LogP contribution >= 0.6 is 0 Å². The number of aromatic nitrogens is 2. The van der Waals surface area contributed by atoms with E-state index < -0.39 is 0 Å². The van der Waals surface area contributed by atoms with Crippen LogP contribution in [0.3, 0.4) is 0 Å². The molecule has 1 saturated heterocycles. The van der Waals surface area contributed by atoms with Crippen LogP contribution < -0.4 is 4.74 Å². The molecule has 1 aliphatic rings. The second kappa shape index (κ2) is 8.76. The van der Waals surface area contributed by atoms with Gasteiger partial charge < -0.3 is 14.1 Å². The number of nitrogens with zero attached hydrogens (tertiary/aromatic N) is 3. The number of piperidine rings is 1. The second-order valence-electron chi connectivity index (χ2n) is 8.10. The Morgan fingerprint density at radius 2 is 1.96 bits per heavy atom. The normalized spacial score (nSPS) is 16.4. The SMILES string of the molecule is COc1ccc(C(CC(=O)N2CCC(c3nnc(C)o3)CC2)C(C)C)cc1C. The van der Waals surface area contributed by atoms with Crippen LogP contribution in [0.2, 0.25) is 0 Å². The van der Waals surface area contributed by atoms with Gasteiger partial charge in [0.05, 0.1) is 7.11 Å². The van der Waals surface area contributed by atoms with E-state index in [4.69, 9.17) is 9.15 Å². The lowest BCUT2D eigenvalue weighted by Gasteiger charge is -2.32. The highest BCUT2D eigenvalue weighted by Crippen LogP contribution is 2.33. The predicted octanol–water partition coefficient (Wildman–Crippen LogP) is 4.23. The van der Waals surface area contributed by atoms with E-state index in [1.54, 1.807) is 7.11 Å². The van der Waals surface area contributed by atoms with Gasteiger partial charge in [0, 0.05) is 32.4 Å². The molecule has 2 heterocycles. The van der Waals surface area contributed by atoms with E-state index in [1.807, 2.05) is 24.8 Å². The van der Waals surface area contributed by atoms with Crippen LogP contribution in [0.1, 0.15) is 67.9 Å². The summed E-state index contributed by atoms with van der Waals surface area (Å²) in [5.74, 6) is 3.27. The summed E-state index contributed by atoms with van der Waals surface area (Å²) in [5.41, 5.74) is 2.31. The fourth-order valence-corrected chi connectivity index (χ4v) is 4.04. The zero-order chi connectivity index (χ0) is 20.3. The lowest BCUT2D eigenvalue weighted by atomic mass is 9.84. The molecule has 1 atom stereocenters. The smallest absolute Gasteiger partial charge is 0.223 e. The summed E-state index contributed by atoms with van der Waals surface area (Å²) >= 11 is 0. The lowest BCUT2D eigenvalue weighted by molar-refractivity contribution is -0.133. The Balaban J connectivity index is 1.62. The predicted molar refractivity (Wildman–Crippen MR) is 108 cm³/mol. The average molecular weight is 386 g/mol. The summed E-state index contributed by atoms with van der Waals surface area (Å²) in [6.07, 6.45) is 2.29. The number of methoxy groups -OCH3 is 1. The maximum Gasteiger partial charge on any atom is 0.223 e. The highest BCUT2D eigenvalue weighted by atomic mass is 16.5. The van der Waals surface area contributed by atoms with Crippen molar-refractivity contribution in [3.8, 4) is 5.75 Å². The van der Waals surface area contributed by atoms with E-state index in [0.29, 0.717) is 24.1 Å². The molecule has 28 heavy (non-hydrogen) atoms. The Hall–Kier alpha value is -2.37. The van der Waals surface area contributed by atoms with Gasteiger partial charge in [0.15, 0.2) is 0 Å². The third-order valence-electron chi connectivity index (χ3n) is 5.78. The molecule has 1 aromatic heterocycles. The number of benzene rings is 1. The van der Waals surface area contributed by atoms with Crippen LogP contribution in [-0.4, -0.2) is 41.2 Å². The summed E-state index contributed by atoms with van der Waals surface area (Å²) in [4.78, 5) is 15.0. The topological polar surface area (TPSA) is 68.5 Å². The number of likely N-dealkylation sites (tertiary alicyclic amines) is 1. The quantitative estimate of drug-likeness (QED) is 0.744. The first-order valence-electron chi connectivity index (χ1n) is 10.1. The Morgan fingerprint density at radius 1 is 1.25 bits per heavy atom. The molecular weight excluding hydrogens is 354 g/mol. The van der Waals surface area contributed by atoms with Crippen molar-refractivity contribution in [3.63, 3.8) is 0 Å². The standard InChI is InChI=1S/C22H31N3O3/c1-14(2)19(18-6-7-20(27-5)15(3)12-18)13-21(26)25-10-8-17(9-11-25)22-24-23-16(4)28-22/h6-7,12,14,17,19H,8-11,13H2,1-5H3. The highest BCUT2D eigenvalue weighted by molar-refractivity contribution is 5.77. The molecule has 0 aliphatic carbocycles. The molecule has 0 N–H and O–H groups in total. The summed E-state index contributed by atoms with van der Waals surface area (Å²) in [6, 6.07) is 6.25. The van der Waals surface area contributed by atoms with Gasteiger partial charge in [0.25, 0.3) is 0 Å². The molecule has 1 amide bonds. The molecule has 152 valence electrons. The molecule has 0 bridgehead atoms. The van der Waals surface area contributed by atoms with Crippen molar-refractivity contribution in [2.75, 3.05) is 20.2 Å². The van der Waals surface area contributed by atoms with Gasteiger partial charge in [-0.3, -0.25) is 4.79 Å². The Bertz CT molecular complexity index is 807. The van der Waals surface area contributed by atoms with E-state index >= 15 is 0 Å². The minimum atomic E-state index is 0.202. The largest absolute Gasteiger partial charge is 0.496 e. The summed E-state index contributed by atoms with van der Waals surface area (Å²) in [7, 11) is 1.69. The van der Waals surface area contributed by atoms with Crippen LogP contribution in [0.5, 0.6) is 5.75 Å². The summed E-state index contributed by atoms with van der Waals surface area (Å²) in [6.45, 7) is 9.71. The summed E-state index contributed by atoms with van der Waals surface area (Å²) < 4.78 is 10.9. The zero-order valence-electron chi connectivity index (χ0n) is 17.6. The maximum atomic E-state index is 13.0. The van der Waals surface area contributed by atoms with Crippen molar-refractivity contribution in [3.05, 3.63) is 41.1 Å². The van der Waals surface area contributed by atoms with Crippen LogP contribution in [-0.2, 0) is 4.79 Å². The Labute approximate surface area is 167 Å². The Kier molecular flexibility index (Phi) is 6.37. The van der Waals surface area contributed by atoms with Crippen LogP contribution in [0, 0.1) is 19.8 Å². The van der Waals surface area contributed by atoms with Gasteiger partial charge in [0.2, 0.25) is 17.7 Å². The fourth-order valence-electron chi connectivity index (χ4n) is 4.04. The number of carbonyl (C=O) groups is 1. The maximum absolute atomic E-state index is 13.0. The number of amides is 1. The van der Waals surface area contributed by atoms with Gasteiger partial charge >= 0.3 is 0 Å². The number of ether oxygens (including phenoxy) is 1. The third kappa shape index (κ3) is 4.54. The summed E-state index contributed by atoms with van der Waals surface area (Å²) in [5, 5.41) is 8.06. The zero-order valence-corrected chi connectivity index (χ0v) is 17.6. The molecule has 1 aromatic carbocycles. The molecule has 0 spiro atoms. The first kappa shape index (κ1) is 20.4. The highest BCUT2D eigenvalue weighted by Gasteiger charge is 2.29. The van der Waals surface area contributed by atoms with Crippen molar-refractivity contribution in [1.29, 1.82) is 0 Å². The number of rotatable bonds is 6. The van der Waals surface area contributed by atoms with E-state index in [9.17, 15) is 4.79 Å². The van der Waals surface area contributed by atoms with Crippen molar-refractivity contribution in [2.24, 2.45) is 5.92 Å². The second-order valence-corrected chi connectivity index (χ2v) is 8.10. The molecule has 1 fully saturated rings. The minimum absolute atomic E-state index is 0.202. The average Bonchev–Trinajstić information content (AvgIpc) is 3.12. The molecule has 6 nitrogen and oxygen atoms in total. The molecule has 1 unspecified atom stereocenters.